The third-order valence-corrected chi connectivity index (χ3v) is 3.48. The first-order valence-electron chi connectivity index (χ1n) is 7.92. The molecule has 2 aromatic rings. The van der Waals surface area contributed by atoms with E-state index in [1.165, 1.54) is 0 Å². The summed E-state index contributed by atoms with van der Waals surface area (Å²) >= 11 is 0. The van der Waals surface area contributed by atoms with E-state index in [9.17, 15) is 4.79 Å². The molecule has 0 unspecified atom stereocenters. The highest BCUT2D eigenvalue weighted by Crippen LogP contribution is 2.14. The molecule has 0 radical (unpaired) electrons. The van der Waals surface area contributed by atoms with Gasteiger partial charge in [0.15, 0.2) is 0 Å². The van der Waals surface area contributed by atoms with Gasteiger partial charge in [0.25, 0.3) is 5.91 Å². The first-order chi connectivity index (χ1) is 11.7. The summed E-state index contributed by atoms with van der Waals surface area (Å²) in [5, 5.41) is 4.25. The zero-order valence-electron chi connectivity index (χ0n) is 14.2. The van der Waals surface area contributed by atoms with E-state index in [0.717, 1.165) is 22.8 Å². The molecule has 0 aliphatic carbocycles. The lowest BCUT2D eigenvalue weighted by molar-refractivity contribution is 0.0955. The van der Waals surface area contributed by atoms with E-state index in [2.05, 4.69) is 10.5 Å². The largest absolute Gasteiger partial charge is 0.497 e. The Labute approximate surface area is 142 Å². The summed E-state index contributed by atoms with van der Waals surface area (Å²) in [6, 6.07) is 14.6. The first-order valence-corrected chi connectivity index (χ1v) is 7.92. The van der Waals surface area contributed by atoms with Crippen molar-refractivity contribution in [2.45, 2.75) is 20.3 Å². The lowest BCUT2D eigenvalue weighted by Gasteiger charge is -2.07. The van der Waals surface area contributed by atoms with Crippen molar-refractivity contribution < 1.29 is 14.3 Å². The van der Waals surface area contributed by atoms with E-state index in [4.69, 9.17) is 9.47 Å². The predicted octanol–water partition coefficient (Wildman–Crippen LogP) is 3.64. The van der Waals surface area contributed by atoms with Gasteiger partial charge in [0.05, 0.1) is 19.4 Å². The standard InChI is InChI=1S/C19H22N2O3/c1-4-18(14-6-10-16(23-3)11-7-14)20-21-19(22)15-8-12-17(13-9-15)24-5-2/h6-13H,4-5H2,1-3H3,(H,21,22). The molecule has 0 spiro atoms. The first kappa shape index (κ1) is 17.5. The second kappa shape index (κ2) is 8.72. The van der Waals surface area contributed by atoms with Gasteiger partial charge < -0.3 is 9.47 Å². The Morgan fingerprint density at radius 1 is 0.958 bits per heavy atom. The Morgan fingerprint density at radius 3 is 2.08 bits per heavy atom. The van der Waals surface area contributed by atoms with Crippen LogP contribution in [0.5, 0.6) is 11.5 Å². The van der Waals surface area contributed by atoms with Gasteiger partial charge in [-0.25, -0.2) is 5.43 Å². The van der Waals surface area contributed by atoms with Crippen LogP contribution in [0.4, 0.5) is 0 Å². The smallest absolute Gasteiger partial charge is 0.271 e. The minimum absolute atomic E-state index is 0.252. The van der Waals surface area contributed by atoms with Gasteiger partial charge >= 0.3 is 0 Å². The maximum absolute atomic E-state index is 12.2. The molecule has 0 aromatic heterocycles. The summed E-state index contributed by atoms with van der Waals surface area (Å²) in [5.74, 6) is 1.27. The lowest BCUT2D eigenvalue weighted by Crippen LogP contribution is -2.20. The molecule has 0 saturated heterocycles. The Kier molecular flexibility index (Phi) is 6.37. The van der Waals surface area contributed by atoms with Crippen molar-refractivity contribution in [1.82, 2.24) is 5.43 Å². The predicted molar refractivity (Wildman–Crippen MR) is 94.9 cm³/mol. The summed E-state index contributed by atoms with van der Waals surface area (Å²) < 4.78 is 10.5. The SMILES string of the molecule is CCOc1ccc(C(=O)NN=C(CC)c2ccc(OC)cc2)cc1. The summed E-state index contributed by atoms with van der Waals surface area (Å²) in [6.07, 6.45) is 0.704. The molecule has 2 rings (SSSR count). The van der Waals surface area contributed by atoms with Crippen molar-refractivity contribution >= 4 is 11.6 Å². The monoisotopic (exact) mass is 326 g/mol. The van der Waals surface area contributed by atoms with Crippen LogP contribution < -0.4 is 14.9 Å². The molecule has 0 saturated carbocycles. The van der Waals surface area contributed by atoms with Gasteiger partial charge in [-0.3, -0.25) is 4.79 Å². The molecule has 0 bridgehead atoms. The van der Waals surface area contributed by atoms with Crippen LogP contribution in [0.15, 0.2) is 53.6 Å². The maximum atomic E-state index is 12.2. The van der Waals surface area contributed by atoms with Crippen molar-refractivity contribution in [3.05, 3.63) is 59.7 Å². The molecule has 0 fully saturated rings. The second-order valence-electron chi connectivity index (χ2n) is 5.04. The molecule has 0 aliphatic rings. The van der Waals surface area contributed by atoms with Crippen LogP contribution in [0.2, 0.25) is 0 Å². The summed E-state index contributed by atoms with van der Waals surface area (Å²) in [5.41, 5.74) is 4.89. The summed E-state index contributed by atoms with van der Waals surface area (Å²) in [7, 11) is 1.63. The van der Waals surface area contributed by atoms with Gasteiger partial charge in [-0.05, 0) is 67.4 Å². The van der Waals surface area contributed by atoms with Crippen LogP contribution in [0.25, 0.3) is 0 Å². The van der Waals surface area contributed by atoms with Crippen molar-refractivity contribution in [2.24, 2.45) is 5.10 Å². The van der Waals surface area contributed by atoms with Crippen molar-refractivity contribution in [3.8, 4) is 11.5 Å². The fourth-order valence-corrected chi connectivity index (χ4v) is 2.18. The average molecular weight is 326 g/mol. The molecule has 24 heavy (non-hydrogen) atoms. The normalized spacial score (nSPS) is 11.0. The highest BCUT2D eigenvalue weighted by atomic mass is 16.5. The number of hydrogen-bond acceptors (Lipinski definition) is 4. The highest BCUT2D eigenvalue weighted by molar-refractivity contribution is 6.02. The summed E-state index contributed by atoms with van der Waals surface area (Å²) in [4.78, 5) is 12.2. The molecule has 0 atom stereocenters. The number of nitrogens with one attached hydrogen (secondary N) is 1. The number of carbonyl (C=O) groups excluding carboxylic acids is 1. The molecule has 5 heteroatoms. The molecule has 126 valence electrons. The zero-order valence-corrected chi connectivity index (χ0v) is 14.2. The second-order valence-corrected chi connectivity index (χ2v) is 5.04. The van der Waals surface area contributed by atoms with Crippen molar-refractivity contribution in [1.29, 1.82) is 0 Å². The Bertz CT molecular complexity index is 692. The van der Waals surface area contributed by atoms with E-state index in [0.29, 0.717) is 18.6 Å². The van der Waals surface area contributed by atoms with E-state index in [1.807, 2.05) is 38.1 Å². The third-order valence-electron chi connectivity index (χ3n) is 3.48. The highest BCUT2D eigenvalue weighted by Gasteiger charge is 2.07. The maximum Gasteiger partial charge on any atom is 0.271 e. The molecule has 5 nitrogen and oxygen atoms in total. The number of benzene rings is 2. The van der Waals surface area contributed by atoms with Crippen molar-refractivity contribution in [2.75, 3.05) is 13.7 Å². The summed E-state index contributed by atoms with van der Waals surface area (Å²) in [6.45, 7) is 4.50. The van der Waals surface area contributed by atoms with Gasteiger partial charge in [0.1, 0.15) is 11.5 Å². The topological polar surface area (TPSA) is 59.9 Å². The number of carbonyl (C=O) groups is 1. The van der Waals surface area contributed by atoms with Gasteiger partial charge in [-0.15, -0.1) is 0 Å². The fraction of sp³-hybridized carbons (Fsp3) is 0.263. The third kappa shape index (κ3) is 4.59. The Hall–Kier alpha value is -2.82. The minimum atomic E-state index is -0.252. The molecular formula is C19H22N2O3. The number of nitrogens with zero attached hydrogens (tertiary/aromatic N) is 1. The lowest BCUT2D eigenvalue weighted by atomic mass is 10.1. The molecule has 1 amide bonds. The van der Waals surface area contributed by atoms with Crippen LogP contribution in [0.1, 0.15) is 36.2 Å². The number of hydrazone groups is 1. The quantitative estimate of drug-likeness (QED) is 0.624. The minimum Gasteiger partial charge on any atom is -0.497 e. The molecule has 0 heterocycles. The fourth-order valence-electron chi connectivity index (χ4n) is 2.18. The average Bonchev–Trinajstić information content (AvgIpc) is 2.63. The number of ether oxygens (including phenoxy) is 2. The van der Waals surface area contributed by atoms with Gasteiger partial charge in [0.2, 0.25) is 0 Å². The Balaban J connectivity index is 2.06. The molecular weight excluding hydrogens is 304 g/mol. The van der Waals surface area contributed by atoms with E-state index in [-0.39, 0.29) is 5.91 Å². The van der Waals surface area contributed by atoms with Gasteiger partial charge in [0, 0.05) is 5.56 Å². The van der Waals surface area contributed by atoms with Crippen LogP contribution in [0.3, 0.4) is 0 Å². The van der Waals surface area contributed by atoms with Crippen LogP contribution in [0, 0.1) is 0 Å². The van der Waals surface area contributed by atoms with E-state index < -0.39 is 0 Å². The Morgan fingerprint density at radius 2 is 1.54 bits per heavy atom. The number of amides is 1. The number of rotatable bonds is 7. The van der Waals surface area contributed by atoms with E-state index in [1.54, 1.807) is 31.4 Å². The van der Waals surface area contributed by atoms with E-state index >= 15 is 0 Å². The molecule has 1 N–H and O–H groups in total. The van der Waals surface area contributed by atoms with Gasteiger partial charge in [-0.2, -0.15) is 5.10 Å². The van der Waals surface area contributed by atoms with Crippen molar-refractivity contribution in [3.63, 3.8) is 0 Å². The zero-order chi connectivity index (χ0) is 17.4. The van der Waals surface area contributed by atoms with Crippen LogP contribution >= 0.6 is 0 Å². The molecule has 0 aliphatic heterocycles. The van der Waals surface area contributed by atoms with Crippen LogP contribution in [-0.2, 0) is 0 Å². The van der Waals surface area contributed by atoms with Gasteiger partial charge in [-0.1, -0.05) is 6.92 Å². The molecule has 2 aromatic carbocycles. The number of methoxy groups -OCH3 is 1. The van der Waals surface area contributed by atoms with Crippen LogP contribution in [-0.4, -0.2) is 25.3 Å². The number of hydrogen-bond donors (Lipinski definition) is 1.